The first-order valence-electron chi connectivity index (χ1n) is 5.49. The van der Waals surface area contributed by atoms with Crippen LogP contribution in [0.3, 0.4) is 0 Å². The third-order valence-corrected chi connectivity index (χ3v) is 3.53. The summed E-state index contributed by atoms with van der Waals surface area (Å²) in [5, 5.41) is 14.7. The van der Waals surface area contributed by atoms with E-state index in [9.17, 15) is 5.11 Å². The van der Waals surface area contributed by atoms with Gasteiger partial charge in [-0.25, -0.2) is 0 Å². The number of aliphatic hydroxyl groups excluding tert-OH is 1. The van der Waals surface area contributed by atoms with Gasteiger partial charge in [-0.05, 0) is 31.7 Å². The highest BCUT2D eigenvalue weighted by Gasteiger charge is 2.22. The summed E-state index contributed by atoms with van der Waals surface area (Å²) in [6.07, 6.45) is 0.797. The van der Waals surface area contributed by atoms with Crippen molar-refractivity contribution >= 4 is 11.3 Å². The van der Waals surface area contributed by atoms with Crippen LogP contribution in [-0.2, 0) is 11.3 Å². The van der Waals surface area contributed by atoms with E-state index in [4.69, 9.17) is 4.74 Å². The van der Waals surface area contributed by atoms with Crippen LogP contribution in [0, 0.1) is 0 Å². The van der Waals surface area contributed by atoms with Crippen molar-refractivity contribution in [3.05, 3.63) is 22.4 Å². The van der Waals surface area contributed by atoms with Gasteiger partial charge in [-0.2, -0.15) is 0 Å². The predicted molar refractivity (Wildman–Crippen MR) is 67.7 cm³/mol. The molecule has 0 fully saturated rings. The lowest BCUT2D eigenvalue weighted by Crippen LogP contribution is -2.39. The van der Waals surface area contributed by atoms with Crippen LogP contribution < -0.4 is 5.32 Å². The monoisotopic (exact) mass is 243 g/mol. The first-order valence-corrected chi connectivity index (χ1v) is 6.37. The molecule has 1 atom stereocenters. The molecule has 16 heavy (non-hydrogen) atoms. The van der Waals surface area contributed by atoms with Gasteiger partial charge in [0.15, 0.2) is 0 Å². The Hall–Kier alpha value is -0.420. The summed E-state index contributed by atoms with van der Waals surface area (Å²) in [6, 6.07) is 4.21. The summed E-state index contributed by atoms with van der Waals surface area (Å²) in [6.45, 7) is 5.01. The largest absolute Gasteiger partial charge is 0.395 e. The van der Waals surface area contributed by atoms with E-state index in [2.05, 4.69) is 16.8 Å². The molecule has 0 aliphatic carbocycles. The zero-order chi connectivity index (χ0) is 12.0. The van der Waals surface area contributed by atoms with E-state index in [0.717, 1.165) is 13.0 Å². The normalized spacial score (nSPS) is 14.0. The summed E-state index contributed by atoms with van der Waals surface area (Å²) in [5.74, 6) is 0. The van der Waals surface area contributed by atoms with E-state index in [1.807, 2.05) is 19.9 Å². The van der Waals surface area contributed by atoms with Crippen LogP contribution in [0.5, 0.6) is 0 Å². The van der Waals surface area contributed by atoms with Gasteiger partial charge in [0, 0.05) is 24.6 Å². The second-order valence-electron chi connectivity index (χ2n) is 4.51. The Bertz CT molecular complexity index is 285. The van der Waals surface area contributed by atoms with E-state index in [1.54, 1.807) is 18.4 Å². The molecule has 0 bridgehead atoms. The van der Waals surface area contributed by atoms with Crippen LogP contribution in [-0.4, -0.2) is 30.5 Å². The van der Waals surface area contributed by atoms with Crippen molar-refractivity contribution in [2.24, 2.45) is 0 Å². The highest BCUT2D eigenvalue weighted by Crippen LogP contribution is 2.16. The summed E-state index contributed by atoms with van der Waals surface area (Å²) in [7, 11) is 1.70. The van der Waals surface area contributed by atoms with E-state index < -0.39 is 0 Å². The molecule has 92 valence electrons. The Morgan fingerprint density at radius 2 is 2.31 bits per heavy atom. The molecule has 0 aromatic carbocycles. The van der Waals surface area contributed by atoms with Crippen LogP contribution in [0.25, 0.3) is 0 Å². The lowest BCUT2D eigenvalue weighted by Gasteiger charge is -2.28. The van der Waals surface area contributed by atoms with E-state index >= 15 is 0 Å². The molecule has 3 nitrogen and oxygen atoms in total. The summed E-state index contributed by atoms with van der Waals surface area (Å²) >= 11 is 1.72. The minimum Gasteiger partial charge on any atom is -0.395 e. The van der Waals surface area contributed by atoms with Crippen LogP contribution in [0.2, 0.25) is 0 Å². The molecule has 1 rings (SSSR count). The minimum atomic E-state index is -0.199. The molecule has 0 aliphatic rings. The van der Waals surface area contributed by atoms with Crippen molar-refractivity contribution in [1.82, 2.24) is 5.32 Å². The molecule has 1 aromatic heterocycles. The third-order valence-electron chi connectivity index (χ3n) is 2.66. The topological polar surface area (TPSA) is 41.5 Å². The van der Waals surface area contributed by atoms with Crippen LogP contribution >= 0.6 is 11.3 Å². The molecule has 0 radical (unpaired) electrons. The van der Waals surface area contributed by atoms with Gasteiger partial charge in [-0.15, -0.1) is 11.3 Å². The molecule has 0 amide bonds. The van der Waals surface area contributed by atoms with Crippen LogP contribution in [0.15, 0.2) is 17.5 Å². The Morgan fingerprint density at radius 1 is 1.56 bits per heavy atom. The zero-order valence-corrected chi connectivity index (χ0v) is 11.0. The Balaban J connectivity index is 2.37. The summed E-state index contributed by atoms with van der Waals surface area (Å²) < 4.78 is 5.36. The molecule has 0 aliphatic heterocycles. The summed E-state index contributed by atoms with van der Waals surface area (Å²) in [4.78, 5) is 1.29. The first-order chi connectivity index (χ1) is 7.57. The molecule has 1 heterocycles. The van der Waals surface area contributed by atoms with Crippen molar-refractivity contribution in [3.63, 3.8) is 0 Å². The number of thiophene rings is 1. The number of rotatable bonds is 7. The standard InChI is InChI=1S/C12H21NO2S/c1-12(2,15-3)7-10(9-14)13-8-11-5-4-6-16-11/h4-6,10,13-14H,7-9H2,1-3H3. The molecule has 0 spiro atoms. The van der Waals surface area contributed by atoms with E-state index in [0.29, 0.717) is 0 Å². The van der Waals surface area contributed by atoms with Gasteiger partial charge in [0.1, 0.15) is 0 Å². The molecule has 1 unspecified atom stereocenters. The molecule has 0 saturated carbocycles. The van der Waals surface area contributed by atoms with Gasteiger partial charge >= 0.3 is 0 Å². The maximum absolute atomic E-state index is 9.30. The average Bonchev–Trinajstić information content (AvgIpc) is 2.77. The molecule has 1 aromatic rings. The minimum absolute atomic E-state index is 0.0806. The lowest BCUT2D eigenvalue weighted by atomic mass is 9.99. The fourth-order valence-corrected chi connectivity index (χ4v) is 2.19. The van der Waals surface area contributed by atoms with Gasteiger partial charge in [0.2, 0.25) is 0 Å². The molecular formula is C12H21NO2S. The van der Waals surface area contributed by atoms with Gasteiger partial charge in [-0.1, -0.05) is 6.07 Å². The first kappa shape index (κ1) is 13.6. The van der Waals surface area contributed by atoms with Crippen molar-refractivity contribution in [2.75, 3.05) is 13.7 Å². The number of aliphatic hydroxyl groups is 1. The van der Waals surface area contributed by atoms with Crippen LogP contribution in [0.1, 0.15) is 25.1 Å². The SMILES string of the molecule is COC(C)(C)CC(CO)NCc1cccs1. The number of ether oxygens (including phenoxy) is 1. The van der Waals surface area contributed by atoms with Crippen molar-refractivity contribution in [3.8, 4) is 0 Å². The van der Waals surface area contributed by atoms with Crippen molar-refractivity contribution in [2.45, 2.75) is 38.5 Å². The second kappa shape index (κ2) is 6.35. The number of methoxy groups -OCH3 is 1. The van der Waals surface area contributed by atoms with Crippen molar-refractivity contribution in [1.29, 1.82) is 0 Å². The Labute approximate surface area is 101 Å². The maximum atomic E-state index is 9.30. The Morgan fingerprint density at radius 3 is 2.81 bits per heavy atom. The highest BCUT2D eigenvalue weighted by molar-refractivity contribution is 7.09. The maximum Gasteiger partial charge on any atom is 0.0638 e. The second-order valence-corrected chi connectivity index (χ2v) is 5.54. The van der Waals surface area contributed by atoms with Gasteiger partial charge < -0.3 is 15.2 Å². The molecule has 2 N–H and O–H groups in total. The predicted octanol–water partition coefficient (Wildman–Crippen LogP) is 2.01. The van der Waals surface area contributed by atoms with E-state index in [-0.39, 0.29) is 18.2 Å². The quantitative estimate of drug-likeness (QED) is 0.770. The highest BCUT2D eigenvalue weighted by atomic mass is 32.1. The fraction of sp³-hybridized carbons (Fsp3) is 0.667. The third kappa shape index (κ3) is 4.61. The number of hydrogen-bond acceptors (Lipinski definition) is 4. The molecule has 4 heteroatoms. The summed E-state index contributed by atoms with van der Waals surface area (Å²) in [5.41, 5.74) is -0.199. The molecule has 0 saturated heterocycles. The van der Waals surface area contributed by atoms with Gasteiger partial charge in [-0.3, -0.25) is 0 Å². The average molecular weight is 243 g/mol. The van der Waals surface area contributed by atoms with E-state index in [1.165, 1.54) is 4.88 Å². The lowest BCUT2D eigenvalue weighted by molar-refractivity contribution is 0.00148. The van der Waals surface area contributed by atoms with Crippen LogP contribution in [0.4, 0.5) is 0 Å². The zero-order valence-electron chi connectivity index (χ0n) is 10.2. The fourth-order valence-electron chi connectivity index (χ4n) is 1.54. The molecular weight excluding hydrogens is 222 g/mol. The van der Waals surface area contributed by atoms with Gasteiger partial charge in [0.25, 0.3) is 0 Å². The van der Waals surface area contributed by atoms with Crippen molar-refractivity contribution < 1.29 is 9.84 Å². The number of hydrogen-bond donors (Lipinski definition) is 2. The smallest absolute Gasteiger partial charge is 0.0638 e. The van der Waals surface area contributed by atoms with Gasteiger partial charge in [0.05, 0.1) is 12.2 Å². The number of nitrogens with one attached hydrogen (secondary N) is 1. The Kier molecular flexibility index (Phi) is 5.41.